The van der Waals surface area contributed by atoms with Crippen molar-refractivity contribution in [3.8, 4) is 0 Å². The van der Waals surface area contributed by atoms with Gasteiger partial charge in [0, 0.05) is 6.54 Å². The molecule has 0 aromatic heterocycles. The van der Waals surface area contributed by atoms with Crippen LogP contribution in [0, 0.1) is 0 Å². The molecular weight excluding hydrogens is 321 g/mol. The molecule has 0 bridgehead atoms. The molecular formula is C17H11F3N2O2. The summed E-state index contributed by atoms with van der Waals surface area (Å²) in [5, 5.41) is 2.64. The predicted octanol–water partition coefficient (Wildman–Crippen LogP) is 3.27. The molecule has 7 heteroatoms. The molecule has 24 heavy (non-hydrogen) atoms. The van der Waals surface area contributed by atoms with Crippen LogP contribution in [0.5, 0.6) is 0 Å². The number of halogens is 3. The van der Waals surface area contributed by atoms with Crippen molar-refractivity contribution in [3.05, 3.63) is 70.8 Å². The van der Waals surface area contributed by atoms with Crippen LogP contribution in [0.4, 0.5) is 13.2 Å². The summed E-state index contributed by atoms with van der Waals surface area (Å²) in [5.41, 5.74) is 0.611. The maximum absolute atomic E-state index is 12.6. The molecule has 0 aliphatic carbocycles. The van der Waals surface area contributed by atoms with E-state index in [9.17, 15) is 22.8 Å². The van der Waals surface area contributed by atoms with Crippen LogP contribution in [0.2, 0.25) is 0 Å². The number of imide groups is 1. The fraction of sp³-hybridized carbons (Fsp3) is 0.176. The van der Waals surface area contributed by atoms with Crippen molar-refractivity contribution in [2.75, 3.05) is 6.54 Å². The molecule has 1 fully saturated rings. The Kier molecular flexibility index (Phi) is 3.05. The first-order chi connectivity index (χ1) is 11.4. The van der Waals surface area contributed by atoms with E-state index in [0.29, 0.717) is 23.2 Å². The van der Waals surface area contributed by atoms with Crippen LogP contribution >= 0.6 is 0 Å². The maximum atomic E-state index is 12.6. The Hall–Kier alpha value is -2.67. The summed E-state index contributed by atoms with van der Waals surface area (Å²) in [5.74, 6) is -0.796. The predicted molar refractivity (Wildman–Crippen MR) is 77.8 cm³/mol. The van der Waals surface area contributed by atoms with Gasteiger partial charge in [0.15, 0.2) is 0 Å². The molecule has 4 rings (SSSR count). The molecule has 2 aliphatic heterocycles. The minimum Gasteiger partial charge on any atom is -0.267 e. The first-order valence-electron chi connectivity index (χ1n) is 7.29. The van der Waals surface area contributed by atoms with Crippen molar-refractivity contribution in [2.24, 2.45) is 0 Å². The van der Waals surface area contributed by atoms with Crippen molar-refractivity contribution >= 4 is 11.8 Å². The SMILES string of the molecule is O=C1c2ccccc2C(=O)N1N1CC1c1ccc(C(F)(F)F)cc1. The molecule has 1 saturated heterocycles. The molecule has 0 N–H and O–H groups in total. The van der Waals surface area contributed by atoms with E-state index in [1.54, 1.807) is 29.3 Å². The number of nitrogens with zero attached hydrogens (tertiary/aromatic N) is 2. The molecule has 0 spiro atoms. The Morgan fingerprint density at radius 1 is 0.875 bits per heavy atom. The molecule has 2 heterocycles. The highest BCUT2D eigenvalue weighted by Gasteiger charge is 2.49. The van der Waals surface area contributed by atoms with E-state index in [4.69, 9.17) is 0 Å². The van der Waals surface area contributed by atoms with Crippen molar-refractivity contribution in [1.82, 2.24) is 10.0 Å². The lowest BCUT2D eigenvalue weighted by Gasteiger charge is -2.16. The zero-order valence-electron chi connectivity index (χ0n) is 12.2. The summed E-state index contributed by atoms with van der Waals surface area (Å²) < 4.78 is 37.8. The highest BCUT2D eigenvalue weighted by molar-refractivity contribution is 6.21. The Balaban J connectivity index is 1.55. The molecule has 2 aliphatic rings. The van der Waals surface area contributed by atoms with Gasteiger partial charge in [-0.2, -0.15) is 18.2 Å². The Morgan fingerprint density at radius 3 is 1.92 bits per heavy atom. The van der Waals surface area contributed by atoms with Crippen molar-refractivity contribution in [1.29, 1.82) is 0 Å². The van der Waals surface area contributed by atoms with Crippen LogP contribution in [-0.4, -0.2) is 28.4 Å². The summed E-state index contributed by atoms with van der Waals surface area (Å²) in [6.07, 6.45) is -4.38. The molecule has 122 valence electrons. The lowest BCUT2D eigenvalue weighted by Crippen LogP contribution is -2.35. The van der Waals surface area contributed by atoms with E-state index in [2.05, 4.69) is 0 Å². The third-order valence-corrected chi connectivity index (χ3v) is 4.24. The number of benzene rings is 2. The maximum Gasteiger partial charge on any atom is 0.416 e. The topological polar surface area (TPSA) is 40.4 Å². The molecule has 2 atom stereocenters. The van der Waals surface area contributed by atoms with Gasteiger partial charge in [-0.25, -0.2) is 5.01 Å². The van der Waals surface area contributed by atoms with Gasteiger partial charge in [0.25, 0.3) is 11.8 Å². The summed E-state index contributed by atoms with van der Waals surface area (Å²) in [6, 6.07) is 11.1. The monoisotopic (exact) mass is 332 g/mol. The number of amides is 2. The minimum atomic E-state index is -4.38. The lowest BCUT2D eigenvalue weighted by molar-refractivity contribution is -0.137. The average Bonchev–Trinajstić information content (AvgIpc) is 3.30. The first-order valence-corrected chi connectivity index (χ1v) is 7.29. The van der Waals surface area contributed by atoms with Crippen LogP contribution in [0.3, 0.4) is 0 Å². The van der Waals surface area contributed by atoms with E-state index >= 15 is 0 Å². The number of hydrogen-bond donors (Lipinski definition) is 0. The second-order valence-corrected chi connectivity index (χ2v) is 5.73. The van der Waals surface area contributed by atoms with E-state index in [1.807, 2.05) is 0 Å². The van der Waals surface area contributed by atoms with Crippen LogP contribution in [0.1, 0.15) is 37.9 Å². The van der Waals surface area contributed by atoms with Gasteiger partial charge in [-0.1, -0.05) is 24.3 Å². The zero-order valence-corrected chi connectivity index (χ0v) is 12.2. The fourth-order valence-corrected chi connectivity index (χ4v) is 2.93. The quantitative estimate of drug-likeness (QED) is 0.626. The number of hydrazine groups is 1. The van der Waals surface area contributed by atoms with Crippen LogP contribution in [0.15, 0.2) is 48.5 Å². The number of rotatable bonds is 2. The van der Waals surface area contributed by atoms with E-state index < -0.39 is 23.6 Å². The number of alkyl halides is 3. The van der Waals surface area contributed by atoms with Gasteiger partial charge in [-0.05, 0) is 29.8 Å². The zero-order chi connectivity index (χ0) is 17.1. The summed E-state index contributed by atoms with van der Waals surface area (Å²) in [6.45, 7) is 0.414. The molecule has 2 amide bonds. The molecule has 2 aromatic carbocycles. The number of carbonyl (C=O) groups excluding carboxylic acids is 2. The molecule has 0 saturated carbocycles. The number of carbonyl (C=O) groups is 2. The van der Waals surface area contributed by atoms with Crippen molar-refractivity contribution in [2.45, 2.75) is 12.2 Å². The molecule has 2 unspecified atom stereocenters. The molecule has 4 nitrogen and oxygen atoms in total. The van der Waals surface area contributed by atoms with Gasteiger partial charge in [0.1, 0.15) is 0 Å². The Bertz CT molecular complexity index is 811. The lowest BCUT2D eigenvalue weighted by atomic mass is 10.1. The highest BCUT2D eigenvalue weighted by Crippen LogP contribution is 2.41. The smallest absolute Gasteiger partial charge is 0.267 e. The number of hydrogen-bond acceptors (Lipinski definition) is 3. The van der Waals surface area contributed by atoms with Crippen LogP contribution in [0.25, 0.3) is 0 Å². The molecule has 0 radical (unpaired) electrons. The van der Waals surface area contributed by atoms with Crippen LogP contribution in [-0.2, 0) is 6.18 Å². The fourth-order valence-electron chi connectivity index (χ4n) is 2.93. The first kappa shape index (κ1) is 14.9. The summed E-state index contributed by atoms with van der Waals surface area (Å²) in [7, 11) is 0. The largest absolute Gasteiger partial charge is 0.416 e. The molecule has 2 aromatic rings. The standard InChI is InChI=1S/C17H11F3N2O2/c18-17(19,20)11-7-5-10(6-8-11)14-9-21(14)22-15(23)12-3-1-2-4-13(12)16(22)24/h1-8,14H,9H2. The van der Waals surface area contributed by atoms with E-state index in [1.165, 1.54) is 12.1 Å². The van der Waals surface area contributed by atoms with Gasteiger partial charge < -0.3 is 0 Å². The second kappa shape index (κ2) is 4.91. The summed E-state index contributed by atoms with van der Waals surface area (Å²) in [4.78, 5) is 24.7. The third kappa shape index (κ3) is 2.20. The normalized spacial score (nSPS) is 22.7. The van der Waals surface area contributed by atoms with Gasteiger partial charge in [0.2, 0.25) is 0 Å². The highest BCUT2D eigenvalue weighted by atomic mass is 19.4. The van der Waals surface area contributed by atoms with Gasteiger partial charge in [-0.3, -0.25) is 9.59 Å². The second-order valence-electron chi connectivity index (χ2n) is 5.73. The van der Waals surface area contributed by atoms with Crippen molar-refractivity contribution < 1.29 is 22.8 Å². The number of fused-ring (bicyclic) bond motifs is 1. The van der Waals surface area contributed by atoms with Gasteiger partial charge in [0.05, 0.1) is 22.7 Å². The minimum absolute atomic E-state index is 0.269. The third-order valence-electron chi connectivity index (χ3n) is 4.24. The Labute approximate surface area is 135 Å². The van der Waals surface area contributed by atoms with Gasteiger partial charge >= 0.3 is 6.18 Å². The van der Waals surface area contributed by atoms with Crippen molar-refractivity contribution in [3.63, 3.8) is 0 Å². The van der Waals surface area contributed by atoms with Gasteiger partial charge in [-0.15, -0.1) is 0 Å². The van der Waals surface area contributed by atoms with E-state index in [0.717, 1.165) is 17.1 Å². The van der Waals surface area contributed by atoms with E-state index in [-0.39, 0.29) is 6.04 Å². The summed E-state index contributed by atoms with van der Waals surface area (Å²) >= 11 is 0. The average molecular weight is 332 g/mol. The van der Waals surface area contributed by atoms with Crippen LogP contribution < -0.4 is 0 Å². The Morgan fingerprint density at radius 2 is 1.42 bits per heavy atom.